The highest BCUT2D eigenvalue weighted by atomic mass is 15.4. The molecule has 0 amide bonds. The minimum atomic E-state index is 0.868. The summed E-state index contributed by atoms with van der Waals surface area (Å²) in [6.07, 6.45) is 3.48. The van der Waals surface area contributed by atoms with Crippen molar-refractivity contribution in [2.24, 2.45) is 5.10 Å². The summed E-state index contributed by atoms with van der Waals surface area (Å²) < 4.78 is 0.868. The summed E-state index contributed by atoms with van der Waals surface area (Å²) in [6.45, 7) is 0. The van der Waals surface area contributed by atoms with Crippen LogP contribution in [0, 0.1) is 0 Å². The second-order valence-electron chi connectivity index (χ2n) is 6.10. The summed E-state index contributed by atoms with van der Waals surface area (Å²) in [5.74, 6) is 0. The third kappa shape index (κ3) is 2.72. The summed E-state index contributed by atoms with van der Waals surface area (Å²) in [5.41, 5.74) is 5.38. The predicted octanol–water partition coefficient (Wildman–Crippen LogP) is 2.49. The Morgan fingerprint density at radius 2 is 1.83 bits per heavy atom. The Morgan fingerprint density at radius 3 is 2.44 bits per heavy atom. The molecular weight excluding hydrogens is 222 g/mol. The second kappa shape index (κ2) is 4.73. The van der Waals surface area contributed by atoms with Crippen LogP contribution in [0.1, 0.15) is 24.0 Å². The normalized spacial score (nSPS) is 17.7. The summed E-state index contributed by atoms with van der Waals surface area (Å²) in [6, 6.07) is 6.82. The van der Waals surface area contributed by atoms with Gasteiger partial charge in [0, 0.05) is 25.7 Å². The van der Waals surface area contributed by atoms with Crippen LogP contribution >= 0.6 is 0 Å². The number of quaternary nitrogens is 1. The van der Waals surface area contributed by atoms with Crippen LogP contribution in [0.15, 0.2) is 23.3 Å². The van der Waals surface area contributed by atoms with Crippen molar-refractivity contribution in [1.29, 1.82) is 0 Å². The highest BCUT2D eigenvalue weighted by Crippen LogP contribution is 2.27. The summed E-state index contributed by atoms with van der Waals surface area (Å²) in [5, 5.41) is 6.52. The number of nitrogens with zero attached hydrogens (tertiary/aromatic N) is 3. The molecule has 0 aliphatic heterocycles. The van der Waals surface area contributed by atoms with Crippen molar-refractivity contribution in [3.63, 3.8) is 0 Å². The topological polar surface area (TPSA) is 15.6 Å². The lowest BCUT2D eigenvalue weighted by molar-refractivity contribution is 0.435. The lowest BCUT2D eigenvalue weighted by Gasteiger charge is -2.26. The first-order chi connectivity index (χ1) is 8.38. The van der Waals surface area contributed by atoms with Gasteiger partial charge in [-0.15, -0.1) is 0 Å². The third-order valence-electron chi connectivity index (χ3n) is 3.35. The monoisotopic (exact) mass is 246 g/mol. The van der Waals surface area contributed by atoms with Crippen molar-refractivity contribution in [3.8, 4) is 0 Å². The van der Waals surface area contributed by atoms with Crippen LogP contribution in [0.4, 0.5) is 5.69 Å². The fourth-order valence-electron chi connectivity index (χ4n) is 2.41. The van der Waals surface area contributed by atoms with E-state index in [4.69, 9.17) is 0 Å². The highest BCUT2D eigenvalue weighted by molar-refractivity contribution is 6.02. The molecule has 0 N–H and O–H groups in total. The number of hydrogen-bond donors (Lipinski definition) is 0. The SMILES string of the molecule is CN(C)/N=C1\CCCc2cc([N+](C)(C)C)ccc21. The average molecular weight is 246 g/mol. The molecule has 0 aromatic heterocycles. The summed E-state index contributed by atoms with van der Waals surface area (Å²) >= 11 is 0. The lowest BCUT2D eigenvalue weighted by atomic mass is 9.89. The van der Waals surface area contributed by atoms with Crippen LogP contribution in [-0.4, -0.2) is 46.0 Å². The van der Waals surface area contributed by atoms with Crippen LogP contribution < -0.4 is 4.48 Å². The molecule has 18 heavy (non-hydrogen) atoms. The van der Waals surface area contributed by atoms with Crippen molar-refractivity contribution >= 4 is 11.4 Å². The summed E-state index contributed by atoms with van der Waals surface area (Å²) in [7, 11) is 10.6. The first-order valence-corrected chi connectivity index (χ1v) is 6.58. The van der Waals surface area contributed by atoms with Gasteiger partial charge < -0.3 is 5.01 Å². The van der Waals surface area contributed by atoms with E-state index in [1.54, 1.807) is 0 Å². The average Bonchev–Trinajstić information content (AvgIpc) is 2.27. The number of aryl methyl sites for hydroxylation is 1. The Hall–Kier alpha value is -1.35. The zero-order valence-corrected chi connectivity index (χ0v) is 12.2. The molecule has 0 saturated heterocycles. The molecule has 1 aromatic carbocycles. The van der Waals surface area contributed by atoms with Gasteiger partial charge in [-0.3, -0.25) is 4.48 Å². The molecule has 98 valence electrons. The molecule has 0 bridgehead atoms. The highest BCUT2D eigenvalue weighted by Gasteiger charge is 2.20. The van der Waals surface area contributed by atoms with Gasteiger partial charge in [0.25, 0.3) is 0 Å². The van der Waals surface area contributed by atoms with Gasteiger partial charge in [0.15, 0.2) is 0 Å². The van der Waals surface area contributed by atoms with E-state index in [0.29, 0.717) is 0 Å². The van der Waals surface area contributed by atoms with E-state index < -0.39 is 0 Å². The largest absolute Gasteiger partial charge is 0.303 e. The quantitative estimate of drug-likeness (QED) is 0.578. The van der Waals surface area contributed by atoms with Gasteiger partial charge in [-0.05, 0) is 37.0 Å². The zero-order chi connectivity index (χ0) is 13.3. The molecular formula is C15H24N3+. The van der Waals surface area contributed by atoms with Gasteiger partial charge in [0.05, 0.1) is 26.9 Å². The van der Waals surface area contributed by atoms with Crippen molar-refractivity contribution in [1.82, 2.24) is 9.49 Å². The predicted molar refractivity (Wildman–Crippen MR) is 79.2 cm³/mol. The molecule has 0 spiro atoms. The van der Waals surface area contributed by atoms with Gasteiger partial charge in [-0.2, -0.15) is 5.10 Å². The smallest absolute Gasteiger partial charge is 0.132 e. The molecule has 3 heteroatoms. The number of rotatable bonds is 2. The Kier molecular flexibility index (Phi) is 3.44. The van der Waals surface area contributed by atoms with Crippen LogP contribution in [0.3, 0.4) is 0 Å². The van der Waals surface area contributed by atoms with E-state index in [2.05, 4.69) is 44.4 Å². The van der Waals surface area contributed by atoms with Gasteiger partial charge in [0.2, 0.25) is 0 Å². The number of hydrazone groups is 1. The van der Waals surface area contributed by atoms with E-state index in [1.807, 2.05) is 19.1 Å². The molecule has 1 aliphatic carbocycles. The van der Waals surface area contributed by atoms with Gasteiger partial charge in [-0.25, -0.2) is 0 Å². The van der Waals surface area contributed by atoms with E-state index in [0.717, 1.165) is 10.9 Å². The van der Waals surface area contributed by atoms with Crippen LogP contribution in [0.2, 0.25) is 0 Å². The molecule has 3 nitrogen and oxygen atoms in total. The maximum absolute atomic E-state index is 4.61. The zero-order valence-electron chi connectivity index (χ0n) is 12.2. The second-order valence-corrected chi connectivity index (χ2v) is 6.10. The van der Waals surface area contributed by atoms with Gasteiger partial charge in [0.1, 0.15) is 5.69 Å². The molecule has 0 heterocycles. The minimum Gasteiger partial charge on any atom is -0.303 e. The van der Waals surface area contributed by atoms with Crippen molar-refractivity contribution in [2.75, 3.05) is 35.2 Å². The van der Waals surface area contributed by atoms with E-state index in [1.165, 1.54) is 35.4 Å². The van der Waals surface area contributed by atoms with Crippen LogP contribution in [-0.2, 0) is 6.42 Å². The minimum absolute atomic E-state index is 0.868. The van der Waals surface area contributed by atoms with Crippen molar-refractivity contribution in [3.05, 3.63) is 29.3 Å². The Balaban J connectivity index is 2.43. The van der Waals surface area contributed by atoms with Crippen molar-refractivity contribution < 1.29 is 0 Å². The number of fused-ring (bicyclic) bond motifs is 1. The maximum atomic E-state index is 4.61. The first kappa shape index (κ1) is 13.1. The molecule has 1 aromatic rings. The summed E-state index contributed by atoms with van der Waals surface area (Å²) in [4.78, 5) is 0. The van der Waals surface area contributed by atoms with Gasteiger partial charge in [-0.1, -0.05) is 0 Å². The molecule has 0 unspecified atom stereocenters. The van der Waals surface area contributed by atoms with Crippen molar-refractivity contribution in [2.45, 2.75) is 19.3 Å². The van der Waals surface area contributed by atoms with E-state index in [-0.39, 0.29) is 0 Å². The molecule has 0 radical (unpaired) electrons. The van der Waals surface area contributed by atoms with Crippen LogP contribution in [0.25, 0.3) is 0 Å². The Morgan fingerprint density at radius 1 is 1.11 bits per heavy atom. The maximum Gasteiger partial charge on any atom is 0.132 e. The van der Waals surface area contributed by atoms with Crippen LogP contribution in [0.5, 0.6) is 0 Å². The molecule has 0 saturated carbocycles. The number of benzene rings is 1. The fraction of sp³-hybridized carbons (Fsp3) is 0.533. The lowest BCUT2D eigenvalue weighted by Crippen LogP contribution is -2.35. The molecule has 1 aliphatic rings. The number of hydrogen-bond acceptors (Lipinski definition) is 2. The standard InChI is InChI=1S/C15H24N3/c1-17(2)16-15-8-6-7-12-11-13(18(3,4)5)9-10-14(12)15/h9-11H,6-8H2,1-5H3/q+1/b16-15+. The molecule has 0 fully saturated rings. The Bertz CT molecular complexity index is 467. The van der Waals surface area contributed by atoms with E-state index in [9.17, 15) is 0 Å². The molecule has 0 atom stereocenters. The fourth-order valence-corrected chi connectivity index (χ4v) is 2.41. The van der Waals surface area contributed by atoms with Gasteiger partial charge >= 0.3 is 0 Å². The molecule has 2 rings (SSSR count). The van der Waals surface area contributed by atoms with E-state index >= 15 is 0 Å². The Labute approximate surface area is 110 Å². The first-order valence-electron chi connectivity index (χ1n) is 6.58. The third-order valence-corrected chi connectivity index (χ3v) is 3.35.